The molecule has 148 valence electrons. The van der Waals surface area contributed by atoms with E-state index in [4.69, 9.17) is 8.85 Å². The van der Waals surface area contributed by atoms with Crippen LogP contribution in [0.25, 0.3) is 0 Å². The van der Waals surface area contributed by atoms with Crippen molar-refractivity contribution < 1.29 is 8.85 Å². The topological polar surface area (TPSA) is 18.5 Å². The lowest BCUT2D eigenvalue weighted by Crippen LogP contribution is -2.52. The number of halogens is 1. The highest BCUT2D eigenvalue weighted by Crippen LogP contribution is 2.42. The summed E-state index contributed by atoms with van der Waals surface area (Å²) in [7, 11) is -3.51. The zero-order valence-electron chi connectivity index (χ0n) is 18.4. The predicted molar refractivity (Wildman–Crippen MR) is 127 cm³/mol. The first kappa shape index (κ1) is 25.6. The van der Waals surface area contributed by atoms with Crippen LogP contribution in [0.1, 0.15) is 48.0 Å². The summed E-state index contributed by atoms with van der Waals surface area (Å²) in [5.41, 5.74) is -0.0987. The molecule has 0 fully saturated rings. The van der Waals surface area contributed by atoms with E-state index in [1.807, 2.05) is 0 Å². The monoisotopic (exact) mass is 496 g/mol. The number of rotatable bonds is 9. The fraction of sp³-hybridized carbons (Fsp3) is 0.800. The Kier molecular flexibility index (Phi) is 9.88. The first-order valence-electron chi connectivity index (χ1n) is 9.32. The van der Waals surface area contributed by atoms with Gasteiger partial charge in [-0.3, -0.25) is 0 Å². The van der Waals surface area contributed by atoms with Crippen molar-refractivity contribution in [2.24, 2.45) is 5.41 Å². The third-order valence-corrected chi connectivity index (χ3v) is 11.0. The largest absolute Gasteiger partial charge is 0.414 e. The molecule has 0 aliphatic heterocycles. The van der Waals surface area contributed by atoms with Crippen LogP contribution < -0.4 is 0 Å². The van der Waals surface area contributed by atoms with Crippen LogP contribution in [0.3, 0.4) is 0 Å². The van der Waals surface area contributed by atoms with E-state index < -0.39 is 16.6 Å². The Morgan fingerprint density at radius 2 is 1.48 bits per heavy atom. The molecule has 0 heterocycles. The molecular weight excluding hydrogens is 455 g/mol. The smallest absolute Gasteiger partial charge is 0.192 e. The Balaban J connectivity index is 5.76. The zero-order valence-corrected chi connectivity index (χ0v) is 22.5. The first-order valence-corrected chi connectivity index (χ1v) is 16.9. The minimum atomic E-state index is -1.87. The summed E-state index contributed by atoms with van der Waals surface area (Å²) in [4.78, 5) is 0. The number of allylic oxidation sites excluding steroid dienone is 1. The molecule has 0 unspecified atom stereocenters. The molecule has 2 atom stereocenters. The van der Waals surface area contributed by atoms with E-state index in [0.29, 0.717) is 0 Å². The van der Waals surface area contributed by atoms with Crippen LogP contribution in [-0.4, -0.2) is 28.8 Å². The van der Waals surface area contributed by atoms with Gasteiger partial charge in [0.2, 0.25) is 0 Å². The molecule has 0 saturated carbocycles. The van der Waals surface area contributed by atoms with Crippen LogP contribution in [0.15, 0.2) is 22.3 Å². The van der Waals surface area contributed by atoms with Gasteiger partial charge in [0.1, 0.15) is 0 Å². The van der Waals surface area contributed by atoms with Gasteiger partial charge in [-0.05, 0) is 55.2 Å². The van der Waals surface area contributed by atoms with Gasteiger partial charge in [0, 0.05) is 5.41 Å². The predicted octanol–water partition coefficient (Wildman–Crippen LogP) is 7.54. The van der Waals surface area contributed by atoms with E-state index in [1.54, 1.807) is 0 Å². The summed E-state index contributed by atoms with van der Waals surface area (Å²) in [5, 5.41) is 0.195. The normalized spacial score (nSPS) is 17.4. The molecule has 5 heteroatoms. The van der Waals surface area contributed by atoms with E-state index in [-0.39, 0.29) is 22.7 Å². The van der Waals surface area contributed by atoms with Crippen molar-refractivity contribution in [3.8, 4) is 0 Å². The fourth-order valence-corrected chi connectivity index (χ4v) is 5.31. The third-order valence-electron chi connectivity index (χ3n) is 5.09. The van der Waals surface area contributed by atoms with E-state index in [1.165, 1.54) is 0 Å². The maximum absolute atomic E-state index is 6.84. The van der Waals surface area contributed by atoms with Crippen LogP contribution in [0, 0.1) is 5.41 Å². The summed E-state index contributed by atoms with van der Waals surface area (Å²) < 4.78 is 15.6. The highest BCUT2D eigenvalue weighted by molar-refractivity contribution is 14.1. The van der Waals surface area contributed by atoms with Crippen LogP contribution in [0.2, 0.25) is 37.8 Å². The highest BCUT2D eigenvalue weighted by atomic mass is 127. The lowest BCUT2D eigenvalue weighted by molar-refractivity contribution is -0.00783. The molecule has 25 heavy (non-hydrogen) atoms. The lowest BCUT2D eigenvalue weighted by Gasteiger charge is -2.47. The van der Waals surface area contributed by atoms with E-state index in [0.717, 1.165) is 6.42 Å². The Morgan fingerprint density at radius 1 is 0.960 bits per heavy atom. The van der Waals surface area contributed by atoms with E-state index in [2.05, 4.69) is 119 Å². The third kappa shape index (κ3) is 8.41. The van der Waals surface area contributed by atoms with E-state index in [9.17, 15) is 0 Å². The highest BCUT2D eigenvalue weighted by Gasteiger charge is 2.45. The summed E-state index contributed by atoms with van der Waals surface area (Å²) in [5.74, 6) is 0. The Labute approximate surface area is 173 Å². The summed E-state index contributed by atoms with van der Waals surface area (Å²) in [6, 6.07) is 0. The Hall–Kier alpha value is 0.564. The second-order valence-corrected chi connectivity index (χ2v) is 19.9. The van der Waals surface area contributed by atoms with Gasteiger partial charge in [0.05, 0.1) is 12.2 Å². The molecule has 0 spiro atoms. The van der Waals surface area contributed by atoms with Crippen molar-refractivity contribution in [1.82, 2.24) is 0 Å². The quantitative estimate of drug-likeness (QED) is 0.187. The molecular formula is C20H41IO2Si2. The molecule has 0 aromatic carbocycles. The molecule has 0 aliphatic rings. The minimum Gasteiger partial charge on any atom is -0.414 e. The zero-order chi connectivity index (χ0) is 20.1. The Bertz CT molecular complexity index is 457. The van der Waals surface area contributed by atoms with Crippen molar-refractivity contribution in [1.29, 1.82) is 0 Å². The summed E-state index contributed by atoms with van der Waals surface area (Å²) in [6.07, 6.45) is 7.70. The molecule has 0 aromatic rings. The van der Waals surface area contributed by atoms with E-state index >= 15 is 0 Å². The molecule has 0 rings (SSSR count). The Morgan fingerprint density at radius 3 is 1.84 bits per heavy atom. The molecule has 2 nitrogen and oxygen atoms in total. The number of hydrogen-bond acceptors (Lipinski definition) is 2. The lowest BCUT2D eigenvalue weighted by atomic mass is 9.79. The van der Waals surface area contributed by atoms with Crippen molar-refractivity contribution in [2.45, 2.75) is 97.9 Å². The molecule has 0 aromatic heterocycles. The average molecular weight is 497 g/mol. The average Bonchev–Trinajstić information content (AvgIpc) is 2.40. The van der Waals surface area contributed by atoms with Gasteiger partial charge in [-0.15, -0.1) is 0 Å². The van der Waals surface area contributed by atoms with Crippen LogP contribution in [-0.2, 0) is 8.85 Å². The SMILES string of the molecule is C/C=C/[C@H](O[Si](C)(C)C(C)(C)C)C(C)(C)[C@H](C/C=C\I)O[Si](C)(C)C. The molecule has 0 saturated heterocycles. The second-order valence-electron chi connectivity index (χ2n) is 9.96. The van der Waals surface area contributed by atoms with Crippen molar-refractivity contribution in [3.05, 3.63) is 22.3 Å². The first-order chi connectivity index (χ1) is 11.1. The molecule has 0 aliphatic carbocycles. The van der Waals surface area contributed by atoms with Gasteiger partial charge in [0.25, 0.3) is 0 Å². The van der Waals surface area contributed by atoms with Gasteiger partial charge in [-0.1, -0.05) is 75.4 Å². The minimum absolute atomic E-state index is 0.0577. The van der Waals surface area contributed by atoms with Gasteiger partial charge in [-0.2, -0.15) is 0 Å². The molecule has 0 N–H and O–H groups in total. The van der Waals surface area contributed by atoms with Crippen LogP contribution in [0.5, 0.6) is 0 Å². The van der Waals surface area contributed by atoms with Crippen molar-refractivity contribution in [2.75, 3.05) is 0 Å². The van der Waals surface area contributed by atoms with Gasteiger partial charge < -0.3 is 8.85 Å². The molecule has 0 bridgehead atoms. The van der Waals surface area contributed by atoms with Crippen molar-refractivity contribution in [3.63, 3.8) is 0 Å². The maximum Gasteiger partial charge on any atom is 0.192 e. The van der Waals surface area contributed by atoms with Crippen LogP contribution in [0.4, 0.5) is 0 Å². The molecule has 0 amide bonds. The maximum atomic E-state index is 6.84. The van der Waals surface area contributed by atoms with Gasteiger partial charge in [0.15, 0.2) is 16.6 Å². The van der Waals surface area contributed by atoms with Gasteiger partial charge >= 0.3 is 0 Å². The molecule has 0 radical (unpaired) electrons. The van der Waals surface area contributed by atoms with Gasteiger partial charge in [-0.25, -0.2) is 0 Å². The summed E-state index contributed by atoms with van der Waals surface area (Å²) >= 11 is 2.29. The standard InChI is InChI=1S/C20H41IO2Si2/c1-12-14-17(23-25(10,11)19(2,3)4)20(5,6)18(15-13-16-21)22-24(7,8)9/h12-14,16-18H,15H2,1-11H3/b14-12+,16-13-/t17-,18-/m0/s1. The fourth-order valence-electron chi connectivity index (χ4n) is 2.40. The number of hydrogen-bond donors (Lipinski definition) is 0. The van der Waals surface area contributed by atoms with Crippen LogP contribution >= 0.6 is 22.6 Å². The summed E-state index contributed by atoms with van der Waals surface area (Å²) in [6.45, 7) is 25.0. The second kappa shape index (κ2) is 9.67. The van der Waals surface area contributed by atoms with Crippen molar-refractivity contribution >= 4 is 39.2 Å².